The van der Waals surface area contributed by atoms with E-state index in [0.29, 0.717) is 17.1 Å². The second-order valence-corrected chi connectivity index (χ2v) is 4.71. The molecule has 1 heterocycles. The van der Waals surface area contributed by atoms with Gasteiger partial charge in [-0.3, -0.25) is 4.79 Å². The Morgan fingerprint density at radius 2 is 1.96 bits per heavy atom. The molecule has 0 atom stereocenters. The molecule has 1 aromatic carbocycles. The van der Waals surface area contributed by atoms with Crippen molar-refractivity contribution in [3.8, 4) is 17.2 Å². The number of aryl methyl sites for hydroxylation is 1. The third-order valence-corrected chi connectivity index (χ3v) is 3.15. The van der Waals surface area contributed by atoms with Gasteiger partial charge >= 0.3 is 5.63 Å². The Hall–Kier alpha value is -3.02. The summed E-state index contributed by atoms with van der Waals surface area (Å²) in [4.78, 5) is 23.9. The van der Waals surface area contributed by atoms with Crippen molar-refractivity contribution in [2.75, 3.05) is 14.2 Å². The summed E-state index contributed by atoms with van der Waals surface area (Å²) in [6.07, 6.45) is 2.64. The summed E-state index contributed by atoms with van der Waals surface area (Å²) in [6, 6.07) is 6.31. The number of hydrogen-bond donors (Lipinski definition) is 1. The average molecular weight is 316 g/mol. The summed E-state index contributed by atoms with van der Waals surface area (Å²) < 4.78 is 15.1. The zero-order valence-corrected chi connectivity index (χ0v) is 13.0. The van der Waals surface area contributed by atoms with Crippen molar-refractivity contribution in [1.29, 1.82) is 0 Å². The van der Waals surface area contributed by atoms with Crippen molar-refractivity contribution in [3.05, 3.63) is 57.6 Å². The van der Waals surface area contributed by atoms with E-state index in [2.05, 4.69) is 0 Å². The maximum atomic E-state index is 12.1. The Labute approximate surface area is 132 Å². The molecule has 23 heavy (non-hydrogen) atoms. The molecule has 0 spiro atoms. The smallest absolute Gasteiger partial charge is 0.351 e. The number of aromatic hydroxyl groups is 1. The van der Waals surface area contributed by atoms with Gasteiger partial charge in [-0.15, -0.1) is 0 Å². The van der Waals surface area contributed by atoms with Crippen LogP contribution in [-0.4, -0.2) is 25.1 Å². The first kappa shape index (κ1) is 16.4. The molecule has 6 nitrogen and oxygen atoms in total. The second kappa shape index (κ2) is 6.83. The lowest BCUT2D eigenvalue weighted by atomic mass is 10.1. The van der Waals surface area contributed by atoms with Crippen LogP contribution in [0.1, 0.15) is 21.7 Å². The van der Waals surface area contributed by atoms with Crippen LogP contribution in [0.2, 0.25) is 0 Å². The minimum atomic E-state index is -0.880. The van der Waals surface area contributed by atoms with Crippen LogP contribution >= 0.6 is 0 Å². The first-order valence-corrected chi connectivity index (χ1v) is 6.74. The van der Waals surface area contributed by atoms with Gasteiger partial charge in [0, 0.05) is 11.6 Å². The lowest BCUT2D eigenvalue weighted by Gasteiger charge is -2.07. The van der Waals surface area contributed by atoms with Gasteiger partial charge in [0.1, 0.15) is 28.6 Å². The third-order valence-electron chi connectivity index (χ3n) is 3.15. The standard InChI is InChI=1S/C17H16O6/c1-10-8-14(19)16(17(20)23-10)13(18)6-4-11-9-12(21-2)5-7-15(11)22-3/h4-9,19H,1-3H3/b6-4+. The lowest BCUT2D eigenvalue weighted by molar-refractivity contribution is 0.104. The van der Waals surface area contributed by atoms with E-state index in [1.807, 2.05) is 0 Å². The molecule has 0 saturated heterocycles. The summed E-state index contributed by atoms with van der Waals surface area (Å²) in [6.45, 7) is 1.51. The number of methoxy groups -OCH3 is 2. The normalized spacial score (nSPS) is 10.7. The van der Waals surface area contributed by atoms with Gasteiger partial charge < -0.3 is 19.0 Å². The number of carbonyl (C=O) groups is 1. The largest absolute Gasteiger partial charge is 0.507 e. The van der Waals surface area contributed by atoms with Gasteiger partial charge in [0.25, 0.3) is 0 Å². The van der Waals surface area contributed by atoms with Crippen molar-refractivity contribution >= 4 is 11.9 Å². The number of benzene rings is 1. The number of carbonyl (C=O) groups excluding carboxylic acids is 1. The van der Waals surface area contributed by atoms with Gasteiger partial charge in [0.05, 0.1) is 14.2 Å². The molecule has 6 heteroatoms. The van der Waals surface area contributed by atoms with E-state index < -0.39 is 22.7 Å². The van der Waals surface area contributed by atoms with Crippen molar-refractivity contribution in [2.24, 2.45) is 0 Å². The van der Waals surface area contributed by atoms with Crippen LogP contribution < -0.4 is 15.1 Å². The first-order chi connectivity index (χ1) is 11.0. The summed E-state index contributed by atoms with van der Waals surface area (Å²) >= 11 is 0. The van der Waals surface area contributed by atoms with Crippen LogP contribution in [0.15, 0.2) is 39.6 Å². The van der Waals surface area contributed by atoms with E-state index in [0.717, 1.165) is 0 Å². The topological polar surface area (TPSA) is 86.0 Å². The summed E-state index contributed by atoms with van der Waals surface area (Å²) in [7, 11) is 3.03. The highest BCUT2D eigenvalue weighted by atomic mass is 16.5. The second-order valence-electron chi connectivity index (χ2n) is 4.71. The number of hydrogen-bond acceptors (Lipinski definition) is 6. The molecular weight excluding hydrogens is 300 g/mol. The zero-order chi connectivity index (χ0) is 17.0. The SMILES string of the molecule is COc1ccc(OC)c(/C=C/C(=O)c2c(O)cc(C)oc2=O)c1. The van der Waals surface area contributed by atoms with Crippen LogP contribution in [0.5, 0.6) is 17.2 Å². The van der Waals surface area contributed by atoms with Gasteiger partial charge in [0.15, 0.2) is 5.78 Å². The van der Waals surface area contributed by atoms with Crippen molar-refractivity contribution in [1.82, 2.24) is 0 Å². The summed E-state index contributed by atoms with van der Waals surface area (Å²) in [5, 5.41) is 9.76. The zero-order valence-electron chi connectivity index (χ0n) is 13.0. The van der Waals surface area contributed by atoms with Crippen LogP contribution in [0.25, 0.3) is 6.08 Å². The van der Waals surface area contributed by atoms with E-state index in [1.165, 1.54) is 39.4 Å². The van der Waals surface area contributed by atoms with Gasteiger partial charge in [0.2, 0.25) is 0 Å². The minimum Gasteiger partial charge on any atom is -0.507 e. The average Bonchev–Trinajstić information content (AvgIpc) is 2.51. The first-order valence-electron chi connectivity index (χ1n) is 6.74. The molecule has 2 aromatic rings. The Morgan fingerprint density at radius 3 is 2.57 bits per heavy atom. The Kier molecular flexibility index (Phi) is 4.85. The molecular formula is C17H16O6. The molecule has 1 N–H and O–H groups in total. The number of ketones is 1. The van der Waals surface area contributed by atoms with Crippen molar-refractivity contribution < 1.29 is 23.8 Å². The highest BCUT2D eigenvalue weighted by Gasteiger charge is 2.16. The molecule has 2 rings (SSSR count). The fourth-order valence-electron chi connectivity index (χ4n) is 2.04. The summed E-state index contributed by atoms with van der Waals surface area (Å²) in [5.74, 6) is 0.278. The molecule has 0 aliphatic rings. The van der Waals surface area contributed by atoms with Gasteiger partial charge in [-0.2, -0.15) is 0 Å². The van der Waals surface area contributed by atoms with Crippen LogP contribution in [0, 0.1) is 6.92 Å². The van der Waals surface area contributed by atoms with E-state index in [4.69, 9.17) is 13.9 Å². The highest BCUT2D eigenvalue weighted by molar-refractivity contribution is 6.08. The molecule has 0 unspecified atom stereocenters. The molecule has 1 aromatic heterocycles. The van der Waals surface area contributed by atoms with Crippen molar-refractivity contribution in [3.63, 3.8) is 0 Å². The van der Waals surface area contributed by atoms with Crippen LogP contribution in [0.3, 0.4) is 0 Å². The lowest BCUT2D eigenvalue weighted by Crippen LogP contribution is -2.12. The van der Waals surface area contributed by atoms with E-state index in [-0.39, 0.29) is 5.76 Å². The molecule has 0 saturated carbocycles. The van der Waals surface area contributed by atoms with Crippen LogP contribution in [-0.2, 0) is 0 Å². The third kappa shape index (κ3) is 3.60. The van der Waals surface area contributed by atoms with Gasteiger partial charge in [-0.25, -0.2) is 4.79 Å². The number of rotatable bonds is 5. The summed E-state index contributed by atoms with van der Waals surface area (Å²) in [5.41, 5.74) is -0.695. The molecule has 0 bridgehead atoms. The molecule has 0 aliphatic carbocycles. The Morgan fingerprint density at radius 1 is 1.22 bits per heavy atom. The fraction of sp³-hybridized carbons (Fsp3) is 0.176. The quantitative estimate of drug-likeness (QED) is 0.674. The minimum absolute atomic E-state index is 0.225. The van der Waals surface area contributed by atoms with E-state index in [1.54, 1.807) is 18.2 Å². The predicted molar refractivity (Wildman–Crippen MR) is 84.3 cm³/mol. The maximum Gasteiger partial charge on any atom is 0.351 e. The van der Waals surface area contributed by atoms with E-state index >= 15 is 0 Å². The fourth-order valence-corrected chi connectivity index (χ4v) is 2.04. The molecule has 0 radical (unpaired) electrons. The predicted octanol–water partition coefficient (Wildman–Crippen LogP) is 2.57. The van der Waals surface area contributed by atoms with Gasteiger partial charge in [-0.05, 0) is 37.3 Å². The highest BCUT2D eigenvalue weighted by Crippen LogP contribution is 2.25. The Balaban J connectivity index is 2.37. The molecule has 0 aliphatic heterocycles. The monoisotopic (exact) mass is 316 g/mol. The molecule has 0 amide bonds. The molecule has 120 valence electrons. The Bertz CT molecular complexity index is 816. The van der Waals surface area contributed by atoms with Crippen LogP contribution in [0.4, 0.5) is 0 Å². The van der Waals surface area contributed by atoms with E-state index in [9.17, 15) is 14.7 Å². The number of allylic oxidation sites excluding steroid dienone is 1. The van der Waals surface area contributed by atoms with Crippen molar-refractivity contribution in [2.45, 2.75) is 6.92 Å². The maximum absolute atomic E-state index is 12.1. The number of ether oxygens (including phenoxy) is 2. The van der Waals surface area contributed by atoms with Gasteiger partial charge in [-0.1, -0.05) is 0 Å². The molecule has 0 fully saturated rings.